The fraction of sp³-hybridized carbons (Fsp3) is 0.632. The molecule has 1 aromatic carbocycles. The minimum atomic E-state index is -1.19. The number of carbonyl (C=O) groups is 1. The first-order valence-corrected chi connectivity index (χ1v) is 8.85. The van der Waals surface area contributed by atoms with Crippen molar-refractivity contribution in [3.63, 3.8) is 0 Å². The van der Waals surface area contributed by atoms with Gasteiger partial charge >= 0.3 is 0 Å². The Bertz CT molecular complexity index is 523. The smallest absolute Gasteiger partial charge is 0.252 e. The summed E-state index contributed by atoms with van der Waals surface area (Å²) in [6, 6.07) is 10.6. The van der Waals surface area contributed by atoms with Crippen molar-refractivity contribution in [2.75, 3.05) is 20.1 Å². The largest absolute Gasteiger partial charge is 0.380 e. The molecule has 2 N–H and O–H groups in total. The molecule has 3 rings (SSSR count). The summed E-state index contributed by atoms with van der Waals surface area (Å²) in [5.41, 5.74) is 0.110. The van der Waals surface area contributed by atoms with Gasteiger partial charge in [-0.05, 0) is 38.3 Å². The van der Waals surface area contributed by atoms with Gasteiger partial charge in [0.05, 0.1) is 0 Å². The highest BCUT2D eigenvalue weighted by Crippen LogP contribution is 2.33. The van der Waals surface area contributed by atoms with Crippen molar-refractivity contribution in [1.82, 2.24) is 10.2 Å². The molecule has 1 aliphatic heterocycles. The number of nitrogens with zero attached hydrogens (tertiary/aromatic N) is 1. The van der Waals surface area contributed by atoms with Gasteiger partial charge in [0.2, 0.25) is 0 Å². The van der Waals surface area contributed by atoms with Gasteiger partial charge in [0, 0.05) is 25.0 Å². The molecule has 1 amide bonds. The molecular weight excluding hydrogens is 288 g/mol. The van der Waals surface area contributed by atoms with Crippen LogP contribution in [0.5, 0.6) is 0 Å². The first-order valence-electron chi connectivity index (χ1n) is 8.85. The molecule has 1 saturated heterocycles. The maximum Gasteiger partial charge on any atom is 0.252 e. The van der Waals surface area contributed by atoms with E-state index >= 15 is 0 Å². The van der Waals surface area contributed by atoms with Crippen molar-refractivity contribution in [2.24, 2.45) is 0 Å². The normalized spacial score (nSPS) is 28.3. The van der Waals surface area contributed by atoms with Crippen LogP contribution in [0.1, 0.15) is 50.0 Å². The van der Waals surface area contributed by atoms with Crippen LogP contribution in [-0.2, 0) is 4.79 Å². The van der Waals surface area contributed by atoms with Crippen molar-refractivity contribution in [3.05, 3.63) is 35.9 Å². The van der Waals surface area contributed by atoms with Gasteiger partial charge in [-0.2, -0.15) is 0 Å². The maximum atomic E-state index is 12.7. The van der Waals surface area contributed by atoms with Gasteiger partial charge < -0.3 is 15.3 Å². The third-order valence-corrected chi connectivity index (χ3v) is 5.55. The Morgan fingerprint density at radius 1 is 1.17 bits per heavy atom. The van der Waals surface area contributed by atoms with Crippen LogP contribution in [-0.4, -0.2) is 47.7 Å². The van der Waals surface area contributed by atoms with Gasteiger partial charge in [-0.15, -0.1) is 0 Å². The quantitative estimate of drug-likeness (QED) is 0.899. The van der Waals surface area contributed by atoms with Crippen LogP contribution in [0.4, 0.5) is 0 Å². The van der Waals surface area contributed by atoms with Gasteiger partial charge in [-0.25, -0.2) is 0 Å². The number of carbonyl (C=O) groups excluding carboxylic acids is 1. The lowest BCUT2D eigenvalue weighted by atomic mass is 9.79. The second-order valence-corrected chi connectivity index (χ2v) is 7.22. The lowest BCUT2D eigenvalue weighted by Crippen LogP contribution is -2.56. The Kier molecular flexibility index (Phi) is 5.02. The van der Waals surface area contributed by atoms with Crippen LogP contribution < -0.4 is 5.32 Å². The second-order valence-electron chi connectivity index (χ2n) is 7.22. The van der Waals surface area contributed by atoms with Gasteiger partial charge in [-0.1, -0.05) is 43.2 Å². The minimum absolute atomic E-state index is 0.141. The summed E-state index contributed by atoms with van der Waals surface area (Å²) < 4.78 is 0. The molecule has 2 aliphatic rings. The van der Waals surface area contributed by atoms with Crippen LogP contribution in [0.25, 0.3) is 0 Å². The molecule has 2 fully saturated rings. The van der Waals surface area contributed by atoms with Crippen molar-refractivity contribution in [3.8, 4) is 0 Å². The zero-order valence-corrected chi connectivity index (χ0v) is 14.0. The summed E-state index contributed by atoms with van der Waals surface area (Å²) in [5, 5.41) is 13.9. The Morgan fingerprint density at radius 3 is 2.52 bits per heavy atom. The van der Waals surface area contributed by atoms with E-state index in [2.05, 4.69) is 34.5 Å². The molecule has 126 valence electrons. The summed E-state index contributed by atoms with van der Waals surface area (Å²) in [7, 11) is 2.03. The number of likely N-dealkylation sites (tertiary alicyclic amines) is 1. The Hall–Kier alpha value is -1.39. The molecule has 1 aliphatic carbocycles. The van der Waals surface area contributed by atoms with Gasteiger partial charge in [0.1, 0.15) is 5.60 Å². The topological polar surface area (TPSA) is 52.6 Å². The van der Waals surface area contributed by atoms with Gasteiger partial charge in [-0.3, -0.25) is 4.79 Å². The van der Waals surface area contributed by atoms with Crippen molar-refractivity contribution < 1.29 is 9.90 Å². The van der Waals surface area contributed by atoms with E-state index < -0.39 is 5.60 Å². The average molecular weight is 316 g/mol. The summed E-state index contributed by atoms with van der Waals surface area (Å²) >= 11 is 0. The van der Waals surface area contributed by atoms with Crippen LogP contribution in [0.2, 0.25) is 0 Å². The van der Waals surface area contributed by atoms with E-state index in [4.69, 9.17) is 0 Å². The summed E-state index contributed by atoms with van der Waals surface area (Å²) in [5.74, 6) is 0.196. The van der Waals surface area contributed by atoms with Crippen LogP contribution in [0.15, 0.2) is 30.3 Å². The van der Waals surface area contributed by atoms with Crippen LogP contribution in [0, 0.1) is 0 Å². The molecule has 2 atom stereocenters. The van der Waals surface area contributed by atoms with Gasteiger partial charge in [0.15, 0.2) is 0 Å². The maximum absolute atomic E-state index is 12.7. The van der Waals surface area contributed by atoms with Crippen molar-refractivity contribution in [2.45, 2.75) is 56.1 Å². The molecule has 4 nitrogen and oxygen atoms in total. The molecule has 1 heterocycles. The van der Waals surface area contributed by atoms with Crippen LogP contribution >= 0.6 is 0 Å². The molecule has 0 aromatic heterocycles. The minimum Gasteiger partial charge on any atom is -0.380 e. The Balaban J connectivity index is 1.68. The van der Waals surface area contributed by atoms with Gasteiger partial charge in [0.25, 0.3) is 5.91 Å². The number of piperidine rings is 1. The van der Waals surface area contributed by atoms with Crippen molar-refractivity contribution in [1.29, 1.82) is 0 Å². The first-order chi connectivity index (χ1) is 11.1. The molecule has 0 radical (unpaired) electrons. The fourth-order valence-electron chi connectivity index (χ4n) is 3.92. The number of benzene rings is 1. The zero-order valence-electron chi connectivity index (χ0n) is 14.0. The average Bonchev–Trinajstić information content (AvgIpc) is 2.59. The number of hydrogen-bond donors (Lipinski definition) is 2. The number of aliphatic hydroxyl groups is 1. The molecule has 1 aromatic rings. The highest BCUT2D eigenvalue weighted by atomic mass is 16.3. The van der Waals surface area contributed by atoms with E-state index in [-0.39, 0.29) is 11.9 Å². The summed E-state index contributed by atoms with van der Waals surface area (Å²) in [6.07, 6.45) is 5.52. The number of amides is 1. The standard InChI is InChI=1S/C19H28N2O2/c1-21-13-11-19(23,12-14-21)18(22)20-17-10-6-5-9-16(17)15-7-3-2-4-8-15/h2-4,7-8,16-17,23H,5-6,9-14H2,1H3,(H,20,22)/t16-,17+/m1/s1. The van der Waals surface area contributed by atoms with Crippen molar-refractivity contribution >= 4 is 5.91 Å². The molecule has 0 unspecified atom stereocenters. The lowest BCUT2D eigenvalue weighted by Gasteiger charge is -2.38. The number of rotatable bonds is 3. The predicted molar refractivity (Wildman–Crippen MR) is 91.3 cm³/mol. The van der Waals surface area contributed by atoms with E-state index in [9.17, 15) is 9.90 Å². The number of nitrogens with one attached hydrogen (secondary N) is 1. The SMILES string of the molecule is CN1CCC(O)(C(=O)N[C@H]2CCCC[C@@H]2c2ccccc2)CC1. The Labute approximate surface area is 138 Å². The molecule has 23 heavy (non-hydrogen) atoms. The molecule has 0 bridgehead atoms. The first kappa shape index (κ1) is 16.5. The third kappa shape index (κ3) is 3.75. The highest BCUT2D eigenvalue weighted by molar-refractivity contribution is 5.85. The van der Waals surface area contributed by atoms with E-state index in [0.29, 0.717) is 18.8 Å². The summed E-state index contributed by atoms with van der Waals surface area (Å²) in [4.78, 5) is 14.9. The molecule has 1 saturated carbocycles. The van der Waals surface area contributed by atoms with Crippen LogP contribution in [0.3, 0.4) is 0 Å². The van der Waals surface area contributed by atoms with E-state index in [1.807, 2.05) is 13.1 Å². The highest BCUT2D eigenvalue weighted by Gasteiger charge is 2.40. The second kappa shape index (κ2) is 7.02. The lowest BCUT2D eigenvalue weighted by molar-refractivity contribution is -0.145. The summed E-state index contributed by atoms with van der Waals surface area (Å²) in [6.45, 7) is 1.55. The molecule has 0 spiro atoms. The fourth-order valence-corrected chi connectivity index (χ4v) is 3.92. The molecular formula is C19H28N2O2. The van der Waals surface area contributed by atoms with E-state index in [1.165, 1.54) is 12.0 Å². The third-order valence-electron chi connectivity index (χ3n) is 5.55. The monoisotopic (exact) mass is 316 g/mol. The molecule has 4 heteroatoms. The predicted octanol–water partition coefficient (Wildman–Crippen LogP) is 2.29. The number of hydrogen-bond acceptors (Lipinski definition) is 3. The van der Waals surface area contributed by atoms with E-state index in [0.717, 1.165) is 32.4 Å². The van der Waals surface area contributed by atoms with E-state index in [1.54, 1.807) is 0 Å². The Morgan fingerprint density at radius 2 is 1.83 bits per heavy atom. The zero-order chi connectivity index (χ0) is 16.3.